The van der Waals surface area contributed by atoms with Gasteiger partial charge in [-0.05, 0) is 0 Å². The fourth-order valence-corrected chi connectivity index (χ4v) is 0. The van der Waals surface area contributed by atoms with E-state index >= 15 is 0 Å². The molecule has 0 aromatic rings. The molecule has 0 aromatic heterocycles. The second-order valence-corrected chi connectivity index (χ2v) is 5.06. The van der Waals surface area contributed by atoms with Crippen molar-refractivity contribution in [3.8, 4) is 0 Å². The van der Waals surface area contributed by atoms with E-state index in [2.05, 4.69) is 0 Å². The molecule has 18 nitrogen and oxygen atoms in total. The molecule has 0 heterocycles. The van der Waals surface area contributed by atoms with Gasteiger partial charge in [0.2, 0.25) is 0 Å². The van der Waals surface area contributed by atoms with Gasteiger partial charge in [-0.1, -0.05) is 0 Å². The average Bonchev–Trinajstić information content (AvgIpc) is 2.69. The SMILES string of the molecule is CC(=O)C(=O)[O-].CC(=O)C(=O)[O-].CC(=O)C(=O)[O-].CC(=O)C(=O)[O-].CC(=O)C(=O)[O-].CC(=O)C(=O)[O-].[Y+3].[Y+3]. The van der Waals surface area contributed by atoms with Crippen molar-refractivity contribution in [3.05, 3.63) is 0 Å². The number of ketones is 6. The molecule has 0 aliphatic heterocycles. The summed E-state index contributed by atoms with van der Waals surface area (Å²) in [6.07, 6.45) is 0. The molecule has 0 aliphatic rings. The first-order chi connectivity index (χ1) is 15.9. The third-order valence-electron chi connectivity index (χ3n) is 1.72. The minimum atomic E-state index is -1.63. The van der Waals surface area contributed by atoms with Gasteiger partial charge in [0.25, 0.3) is 0 Å². The molecular weight excluding hydrogens is 682 g/mol. The van der Waals surface area contributed by atoms with Crippen LogP contribution in [-0.4, -0.2) is 70.5 Å². The number of hydrogen-bond donors (Lipinski definition) is 0. The van der Waals surface area contributed by atoms with Crippen molar-refractivity contribution in [1.29, 1.82) is 0 Å². The fourth-order valence-electron chi connectivity index (χ4n) is 0. The fraction of sp³-hybridized carbons (Fsp3) is 0.333. The van der Waals surface area contributed by atoms with Crippen LogP contribution in [0.25, 0.3) is 0 Å². The molecule has 0 N–H and O–H groups in total. The normalized spacial score (nSPS) is 7.11. The van der Waals surface area contributed by atoms with Gasteiger partial charge < -0.3 is 59.4 Å². The second kappa shape index (κ2) is 34.0. The first kappa shape index (κ1) is 55.5. The third kappa shape index (κ3) is 76.6. The van der Waals surface area contributed by atoms with Crippen molar-refractivity contribution < 1.29 is 154 Å². The van der Waals surface area contributed by atoms with Crippen molar-refractivity contribution >= 4 is 70.5 Å². The van der Waals surface area contributed by atoms with Crippen LogP contribution < -0.4 is 30.6 Å². The molecule has 0 rings (SSSR count). The van der Waals surface area contributed by atoms with E-state index in [-0.39, 0.29) is 65.4 Å². The van der Waals surface area contributed by atoms with Crippen molar-refractivity contribution in [2.24, 2.45) is 0 Å². The minimum Gasteiger partial charge on any atom is -0.542 e. The summed E-state index contributed by atoms with van der Waals surface area (Å²) in [5, 5.41) is 55.4. The van der Waals surface area contributed by atoms with Gasteiger partial charge in [-0.15, -0.1) is 0 Å². The summed E-state index contributed by atoms with van der Waals surface area (Å²) in [7, 11) is 0. The van der Waals surface area contributed by atoms with E-state index in [0.29, 0.717) is 0 Å². The summed E-state index contributed by atoms with van der Waals surface area (Å²) >= 11 is 0. The van der Waals surface area contributed by atoms with E-state index in [4.69, 9.17) is 0 Å². The quantitative estimate of drug-likeness (QED) is 0.232. The van der Waals surface area contributed by atoms with E-state index in [1.807, 2.05) is 0 Å². The number of carboxylic acid groups (broad SMARTS) is 6. The summed E-state index contributed by atoms with van der Waals surface area (Å²) in [6, 6.07) is 0. The Kier molecular flexibility index (Phi) is 49.8. The number of carbonyl (C=O) groups excluding carboxylic acids is 12. The molecule has 204 valence electrons. The summed E-state index contributed by atoms with van der Waals surface area (Å²) in [6.45, 7) is 5.64. The molecule has 0 aliphatic carbocycles. The van der Waals surface area contributed by atoms with Gasteiger partial charge in [0.1, 0.15) is 35.8 Å². The molecule has 0 bridgehead atoms. The monoisotopic (exact) mass is 700 g/mol. The van der Waals surface area contributed by atoms with Gasteiger partial charge in [-0.25, -0.2) is 0 Å². The molecule has 38 heavy (non-hydrogen) atoms. The van der Waals surface area contributed by atoms with Gasteiger partial charge in [0, 0.05) is 41.5 Å². The summed E-state index contributed by atoms with van der Waals surface area (Å²) < 4.78 is 0. The molecule has 0 unspecified atom stereocenters. The predicted molar refractivity (Wildman–Crippen MR) is 94.1 cm³/mol. The van der Waals surface area contributed by atoms with Crippen molar-refractivity contribution in [2.45, 2.75) is 41.5 Å². The van der Waals surface area contributed by atoms with Crippen LogP contribution in [-0.2, 0) is 123 Å². The van der Waals surface area contributed by atoms with Crippen LogP contribution in [0.3, 0.4) is 0 Å². The first-order valence-corrected chi connectivity index (χ1v) is 8.17. The van der Waals surface area contributed by atoms with E-state index in [9.17, 15) is 88.2 Å². The molecule has 0 saturated heterocycles. The Bertz CT molecular complexity index is 630. The molecule has 0 spiro atoms. The van der Waals surface area contributed by atoms with Crippen LogP contribution in [0.2, 0.25) is 0 Å². The van der Waals surface area contributed by atoms with Gasteiger partial charge >= 0.3 is 65.4 Å². The molecule has 20 heteroatoms. The van der Waals surface area contributed by atoms with Crippen molar-refractivity contribution in [3.63, 3.8) is 0 Å². The largest absolute Gasteiger partial charge is 3.00 e. The molecule has 0 saturated carbocycles. The number of aliphatic carboxylic acids is 6. The zero-order chi connectivity index (χ0) is 30.9. The van der Waals surface area contributed by atoms with Crippen molar-refractivity contribution in [1.82, 2.24) is 0 Å². The van der Waals surface area contributed by atoms with E-state index in [1.165, 1.54) is 0 Å². The molecular formula is C18H18O18Y2. The number of hydrogen-bond acceptors (Lipinski definition) is 18. The molecule has 0 fully saturated rings. The van der Waals surface area contributed by atoms with Crippen LogP contribution in [0, 0.1) is 0 Å². The van der Waals surface area contributed by atoms with Gasteiger partial charge in [0.05, 0.1) is 0 Å². The minimum absolute atomic E-state index is 0. The van der Waals surface area contributed by atoms with Crippen LogP contribution in [0.1, 0.15) is 41.5 Å². The van der Waals surface area contributed by atoms with Crippen LogP contribution >= 0.6 is 0 Å². The number of carbonyl (C=O) groups is 12. The maximum atomic E-state index is 9.48. The number of rotatable bonds is 6. The van der Waals surface area contributed by atoms with Crippen molar-refractivity contribution in [2.75, 3.05) is 0 Å². The topological polar surface area (TPSA) is 343 Å². The Labute approximate surface area is 263 Å². The molecule has 0 aromatic carbocycles. The van der Waals surface area contributed by atoms with Crippen LogP contribution in [0.5, 0.6) is 0 Å². The van der Waals surface area contributed by atoms with E-state index < -0.39 is 70.5 Å². The maximum Gasteiger partial charge on any atom is 3.00 e. The zero-order valence-electron chi connectivity index (χ0n) is 20.5. The summed E-state index contributed by atoms with van der Waals surface area (Å²) in [5.74, 6) is -15.4. The van der Waals surface area contributed by atoms with Gasteiger partial charge in [-0.3, -0.25) is 28.8 Å². The Morgan fingerprint density at radius 1 is 0.263 bits per heavy atom. The Balaban J connectivity index is -0.0000000469. The summed E-state index contributed by atoms with van der Waals surface area (Å²) in [5.41, 5.74) is 0. The van der Waals surface area contributed by atoms with Gasteiger partial charge in [0.15, 0.2) is 34.7 Å². The van der Waals surface area contributed by atoms with E-state index in [1.54, 1.807) is 0 Å². The Hall–Kier alpha value is -2.95. The molecule has 0 atom stereocenters. The van der Waals surface area contributed by atoms with Crippen LogP contribution in [0.4, 0.5) is 0 Å². The Morgan fingerprint density at radius 2 is 0.289 bits per heavy atom. The first-order valence-electron chi connectivity index (χ1n) is 8.17. The maximum absolute atomic E-state index is 9.48. The zero-order valence-corrected chi connectivity index (χ0v) is 26.2. The smallest absolute Gasteiger partial charge is 0.542 e. The van der Waals surface area contributed by atoms with Gasteiger partial charge in [-0.2, -0.15) is 0 Å². The number of carboxylic acids is 6. The van der Waals surface area contributed by atoms with Crippen LogP contribution in [0.15, 0.2) is 0 Å². The predicted octanol–water partition coefficient (Wildman–Crippen LogP) is -10.1. The standard InChI is InChI=1S/6C3H4O3.2Y/c6*1-2(4)3(5)6;;/h6*1H3,(H,5,6);;/q;;;;;;2*+3/p-6. The summed E-state index contributed by atoms with van der Waals surface area (Å²) in [4.78, 5) is 112. The number of Topliss-reactive ketones (excluding diaryl/α,β-unsaturated/α-hetero) is 6. The third-order valence-corrected chi connectivity index (χ3v) is 1.72. The average molecular weight is 700 g/mol. The Morgan fingerprint density at radius 3 is 0.289 bits per heavy atom. The van der Waals surface area contributed by atoms with E-state index in [0.717, 1.165) is 41.5 Å². The second-order valence-electron chi connectivity index (χ2n) is 5.06. The molecule has 0 amide bonds. The molecule has 0 radical (unpaired) electrons.